The number of amides is 1. The average Bonchev–Trinajstić information content (AvgIpc) is 3.16. The van der Waals surface area contributed by atoms with Gasteiger partial charge in [-0.3, -0.25) is 9.59 Å². The molecule has 2 aliphatic rings. The van der Waals surface area contributed by atoms with Crippen molar-refractivity contribution in [1.29, 1.82) is 0 Å². The Balaban J connectivity index is 1.60. The molecule has 5 rings (SSSR count). The number of carbonyl (C=O) groups excluding carboxylic acids is 1. The second-order valence-corrected chi connectivity index (χ2v) is 8.42. The number of carbonyl (C=O) groups is 1. The van der Waals surface area contributed by atoms with E-state index in [1.165, 1.54) is 6.92 Å². The molecule has 156 valence electrons. The first-order valence-electron chi connectivity index (χ1n) is 10.3. The summed E-state index contributed by atoms with van der Waals surface area (Å²) in [5.41, 5.74) is 4.89. The van der Waals surface area contributed by atoms with Gasteiger partial charge in [0.2, 0.25) is 11.6 Å². The zero-order valence-electron chi connectivity index (χ0n) is 17.4. The standard InChI is InChI=1S/C21H25N7O2/c1-12-13(2)25-27-11-23-24-21(27)20(12)26-9-15-7-16(10-26)18(8-22-14(3)29)28-17(15)5-4-6-19(28)30/h4-6,11,15-16,18H,7-10H2,1-3H3,(H,22,29)/t15-,16+,18+/m1/s1. The molecular weight excluding hydrogens is 382 g/mol. The quantitative estimate of drug-likeness (QED) is 0.701. The van der Waals surface area contributed by atoms with Crippen LogP contribution >= 0.6 is 0 Å². The number of hydrogen-bond acceptors (Lipinski definition) is 6. The van der Waals surface area contributed by atoms with Crippen molar-refractivity contribution in [3.63, 3.8) is 0 Å². The van der Waals surface area contributed by atoms with Gasteiger partial charge in [0.15, 0.2) is 0 Å². The van der Waals surface area contributed by atoms with Crippen LogP contribution in [0.25, 0.3) is 5.65 Å². The number of rotatable bonds is 3. The topological polar surface area (TPSA) is 97.4 Å². The fraction of sp³-hybridized carbons (Fsp3) is 0.476. The first kappa shape index (κ1) is 18.8. The van der Waals surface area contributed by atoms with E-state index in [-0.39, 0.29) is 29.3 Å². The van der Waals surface area contributed by atoms with Crippen molar-refractivity contribution < 1.29 is 4.79 Å². The van der Waals surface area contributed by atoms with Crippen molar-refractivity contribution in [3.05, 3.63) is 51.8 Å². The highest BCUT2D eigenvalue weighted by molar-refractivity contribution is 5.73. The number of aromatic nitrogens is 5. The molecule has 0 radical (unpaired) electrons. The minimum Gasteiger partial charge on any atom is -0.367 e. The first-order valence-corrected chi connectivity index (χ1v) is 10.3. The van der Waals surface area contributed by atoms with Gasteiger partial charge in [-0.2, -0.15) is 9.61 Å². The van der Waals surface area contributed by atoms with Crippen LogP contribution in [-0.4, -0.2) is 49.9 Å². The molecule has 0 spiro atoms. The Morgan fingerprint density at radius 3 is 2.90 bits per heavy atom. The van der Waals surface area contributed by atoms with Crippen LogP contribution in [0.1, 0.15) is 42.3 Å². The summed E-state index contributed by atoms with van der Waals surface area (Å²) < 4.78 is 3.64. The number of anilines is 1. The van der Waals surface area contributed by atoms with Crippen molar-refractivity contribution in [2.75, 3.05) is 24.5 Å². The largest absolute Gasteiger partial charge is 0.367 e. The number of piperidine rings is 1. The van der Waals surface area contributed by atoms with Crippen LogP contribution in [0.15, 0.2) is 29.3 Å². The second-order valence-electron chi connectivity index (χ2n) is 8.42. The van der Waals surface area contributed by atoms with Gasteiger partial charge in [0.25, 0.3) is 5.56 Å². The van der Waals surface area contributed by atoms with Crippen molar-refractivity contribution in [2.24, 2.45) is 5.92 Å². The Morgan fingerprint density at radius 1 is 1.27 bits per heavy atom. The number of fused-ring (bicyclic) bond motifs is 5. The van der Waals surface area contributed by atoms with E-state index in [1.54, 1.807) is 16.9 Å². The normalized spacial score (nSPS) is 22.8. The van der Waals surface area contributed by atoms with Gasteiger partial charge in [-0.05, 0) is 37.8 Å². The third-order valence-electron chi connectivity index (χ3n) is 6.57. The highest BCUT2D eigenvalue weighted by Crippen LogP contribution is 2.43. The summed E-state index contributed by atoms with van der Waals surface area (Å²) in [6.45, 7) is 7.63. The molecular formula is C21H25N7O2. The van der Waals surface area contributed by atoms with Gasteiger partial charge >= 0.3 is 0 Å². The molecule has 30 heavy (non-hydrogen) atoms. The third-order valence-corrected chi connectivity index (χ3v) is 6.57. The van der Waals surface area contributed by atoms with E-state index in [1.807, 2.05) is 23.6 Å². The lowest BCUT2D eigenvalue weighted by Gasteiger charge is -2.48. The lowest BCUT2D eigenvalue weighted by Crippen LogP contribution is -2.52. The van der Waals surface area contributed by atoms with Gasteiger partial charge in [0.05, 0.1) is 17.4 Å². The van der Waals surface area contributed by atoms with Crippen LogP contribution in [0.2, 0.25) is 0 Å². The van der Waals surface area contributed by atoms with Crippen molar-refractivity contribution in [3.8, 4) is 0 Å². The van der Waals surface area contributed by atoms with E-state index in [2.05, 4.69) is 32.4 Å². The molecule has 5 heterocycles. The van der Waals surface area contributed by atoms with E-state index in [4.69, 9.17) is 0 Å². The van der Waals surface area contributed by atoms with Crippen LogP contribution in [0.4, 0.5) is 5.69 Å². The van der Waals surface area contributed by atoms with E-state index in [0.717, 1.165) is 47.8 Å². The van der Waals surface area contributed by atoms with Gasteiger partial charge < -0.3 is 14.8 Å². The van der Waals surface area contributed by atoms with Crippen molar-refractivity contribution in [2.45, 2.75) is 39.2 Å². The number of hydrogen-bond donors (Lipinski definition) is 1. The highest BCUT2D eigenvalue weighted by atomic mass is 16.1. The minimum absolute atomic E-state index is 0.00165. The lowest BCUT2D eigenvalue weighted by atomic mass is 9.78. The van der Waals surface area contributed by atoms with E-state index in [0.29, 0.717) is 6.54 Å². The van der Waals surface area contributed by atoms with Crippen LogP contribution in [-0.2, 0) is 4.79 Å². The molecule has 1 saturated heterocycles. The summed E-state index contributed by atoms with van der Waals surface area (Å²) in [7, 11) is 0. The van der Waals surface area contributed by atoms with E-state index < -0.39 is 0 Å². The fourth-order valence-corrected chi connectivity index (χ4v) is 5.15. The van der Waals surface area contributed by atoms with Gasteiger partial charge in [0, 0.05) is 44.2 Å². The molecule has 2 bridgehead atoms. The Morgan fingerprint density at radius 2 is 2.10 bits per heavy atom. The molecule has 0 aromatic carbocycles. The van der Waals surface area contributed by atoms with Crippen LogP contribution < -0.4 is 15.8 Å². The molecule has 2 aliphatic heterocycles. The average molecular weight is 407 g/mol. The predicted molar refractivity (Wildman–Crippen MR) is 112 cm³/mol. The maximum Gasteiger partial charge on any atom is 0.251 e. The molecule has 9 heteroatoms. The lowest BCUT2D eigenvalue weighted by molar-refractivity contribution is -0.119. The molecule has 1 amide bonds. The van der Waals surface area contributed by atoms with Crippen LogP contribution in [0, 0.1) is 19.8 Å². The summed E-state index contributed by atoms with van der Waals surface area (Å²) in [4.78, 5) is 26.7. The fourth-order valence-electron chi connectivity index (χ4n) is 5.15. The van der Waals surface area contributed by atoms with E-state index >= 15 is 0 Å². The molecule has 3 aromatic heterocycles. The Kier molecular flexibility index (Phi) is 4.34. The zero-order valence-corrected chi connectivity index (χ0v) is 17.4. The van der Waals surface area contributed by atoms with Crippen LogP contribution in [0.3, 0.4) is 0 Å². The Bertz CT molecular complexity index is 1200. The van der Waals surface area contributed by atoms with Gasteiger partial charge in [0.1, 0.15) is 6.33 Å². The first-order chi connectivity index (χ1) is 14.4. The molecule has 1 fully saturated rings. The van der Waals surface area contributed by atoms with Gasteiger partial charge in [-0.25, -0.2) is 0 Å². The number of nitrogens with one attached hydrogen (secondary N) is 1. The summed E-state index contributed by atoms with van der Waals surface area (Å²) in [6, 6.07) is 5.42. The second kappa shape index (κ2) is 6.93. The Hall–Kier alpha value is -3.23. The molecule has 1 N–H and O–H groups in total. The number of nitrogens with zero attached hydrogens (tertiary/aromatic N) is 6. The smallest absolute Gasteiger partial charge is 0.251 e. The molecule has 0 saturated carbocycles. The predicted octanol–water partition coefficient (Wildman–Crippen LogP) is 1.20. The summed E-state index contributed by atoms with van der Waals surface area (Å²) in [5.74, 6) is 0.391. The molecule has 0 unspecified atom stereocenters. The SMILES string of the molecule is CC(=O)NC[C@H]1[C@H]2C[C@H](CN(c3c(C)c(C)nn4cnnc34)C2)c2cccc(=O)n21. The van der Waals surface area contributed by atoms with Gasteiger partial charge in [-0.15, -0.1) is 10.2 Å². The molecule has 3 atom stereocenters. The zero-order chi connectivity index (χ0) is 21.0. The minimum atomic E-state index is -0.0823. The summed E-state index contributed by atoms with van der Waals surface area (Å²) in [6.07, 6.45) is 2.63. The van der Waals surface area contributed by atoms with Crippen molar-refractivity contribution in [1.82, 2.24) is 29.7 Å². The summed E-state index contributed by atoms with van der Waals surface area (Å²) in [5, 5.41) is 15.9. The van der Waals surface area contributed by atoms with E-state index in [9.17, 15) is 9.59 Å². The number of pyridine rings is 1. The number of aryl methyl sites for hydroxylation is 1. The molecule has 9 nitrogen and oxygen atoms in total. The highest BCUT2D eigenvalue weighted by Gasteiger charge is 2.41. The van der Waals surface area contributed by atoms with Gasteiger partial charge in [-0.1, -0.05) is 6.07 Å². The third kappa shape index (κ3) is 2.88. The maximum absolute atomic E-state index is 12.7. The maximum atomic E-state index is 12.7. The molecule has 0 aliphatic carbocycles. The summed E-state index contributed by atoms with van der Waals surface area (Å²) >= 11 is 0. The molecule has 3 aromatic rings. The van der Waals surface area contributed by atoms with Crippen LogP contribution in [0.5, 0.6) is 0 Å². The Labute approximate surface area is 173 Å². The monoisotopic (exact) mass is 407 g/mol. The van der Waals surface area contributed by atoms with Crippen molar-refractivity contribution >= 4 is 17.2 Å².